The van der Waals surface area contributed by atoms with E-state index in [1.807, 2.05) is 30.3 Å². The van der Waals surface area contributed by atoms with Gasteiger partial charge in [-0.3, -0.25) is 19.7 Å². The van der Waals surface area contributed by atoms with Gasteiger partial charge in [-0.25, -0.2) is 0 Å². The minimum absolute atomic E-state index is 0.0258. The molecule has 3 rings (SSSR count). The molecular formula is C20H19NO7. The summed E-state index contributed by atoms with van der Waals surface area (Å²) in [6.45, 7) is 0. The van der Waals surface area contributed by atoms with E-state index >= 15 is 0 Å². The highest BCUT2D eigenvalue weighted by molar-refractivity contribution is 6.01. The van der Waals surface area contributed by atoms with Crippen LogP contribution >= 0.6 is 0 Å². The summed E-state index contributed by atoms with van der Waals surface area (Å²) in [6.07, 6.45) is -1.55. The normalized spacial score (nSPS) is 20.4. The molecule has 146 valence electrons. The van der Waals surface area contributed by atoms with Gasteiger partial charge in [-0.15, -0.1) is 0 Å². The van der Waals surface area contributed by atoms with Crippen molar-refractivity contribution in [2.45, 2.75) is 18.6 Å². The van der Waals surface area contributed by atoms with Gasteiger partial charge in [0.2, 0.25) is 0 Å². The number of esters is 2. The number of carbonyl (C=O) groups excluding carboxylic acids is 2. The fourth-order valence-electron chi connectivity index (χ4n) is 3.55. The molecule has 28 heavy (non-hydrogen) atoms. The van der Waals surface area contributed by atoms with Gasteiger partial charge in [-0.1, -0.05) is 30.3 Å². The van der Waals surface area contributed by atoms with Gasteiger partial charge < -0.3 is 14.2 Å². The smallest absolute Gasteiger partial charge is 0.326 e. The Bertz CT molecular complexity index is 863. The Hall–Kier alpha value is -3.26. The second-order valence-electron chi connectivity index (χ2n) is 6.42. The molecule has 2 aromatic rings. The van der Waals surface area contributed by atoms with Crippen molar-refractivity contribution in [2.75, 3.05) is 14.2 Å². The summed E-state index contributed by atoms with van der Waals surface area (Å²) in [5.41, 5.74) is -0.591. The predicted molar refractivity (Wildman–Crippen MR) is 97.2 cm³/mol. The van der Waals surface area contributed by atoms with Crippen LogP contribution in [-0.2, 0) is 23.8 Å². The Labute approximate surface area is 161 Å². The SMILES string of the molecule is COC(=O)C1(C(=O)OC)C[C@@H](c2ccccc2)O[C@H]1c1ccc([N+](=O)[O-])cc1. The molecule has 0 N–H and O–H groups in total. The highest BCUT2D eigenvalue weighted by Crippen LogP contribution is 2.54. The summed E-state index contributed by atoms with van der Waals surface area (Å²) in [4.78, 5) is 35.9. The van der Waals surface area contributed by atoms with Crippen LogP contribution in [-0.4, -0.2) is 31.1 Å². The van der Waals surface area contributed by atoms with E-state index < -0.39 is 34.5 Å². The minimum atomic E-state index is -1.72. The predicted octanol–water partition coefficient (Wildman–Crippen LogP) is 3.13. The Morgan fingerprint density at radius 1 is 1.00 bits per heavy atom. The summed E-state index contributed by atoms with van der Waals surface area (Å²) >= 11 is 0. The Kier molecular flexibility index (Phi) is 5.41. The molecule has 8 nitrogen and oxygen atoms in total. The minimum Gasteiger partial charge on any atom is -0.468 e. The summed E-state index contributed by atoms with van der Waals surface area (Å²) < 4.78 is 16.0. The monoisotopic (exact) mass is 385 g/mol. The number of nitro groups is 1. The van der Waals surface area contributed by atoms with Crippen LogP contribution in [0.15, 0.2) is 54.6 Å². The van der Waals surface area contributed by atoms with Crippen molar-refractivity contribution in [2.24, 2.45) is 5.41 Å². The fraction of sp³-hybridized carbons (Fsp3) is 0.300. The van der Waals surface area contributed by atoms with Gasteiger partial charge in [0.1, 0.15) is 6.10 Å². The van der Waals surface area contributed by atoms with Crippen LogP contribution in [0.25, 0.3) is 0 Å². The number of rotatable bonds is 5. The molecule has 1 fully saturated rings. The van der Waals surface area contributed by atoms with Crippen LogP contribution in [0.4, 0.5) is 5.69 Å². The van der Waals surface area contributed by atoms with Gasteiger partial charge in [0.15, 0.2) is 5.41 Å². The zero-order valence-corrected chi connectivity index (χ0v) is 15.4. The Morgan fingerprint density at radius 3 is 2.07 bits per heavy atom. The largest absolute Gasteiger partial charge is 0.468 e. The van der Waals surface area contributed by atoms with E-state index in [0.29, 0.717) is 5.56 Å². The number of ether oxygens (including phenoxy) is 3. The molecule has 2 atom stereocenters. The molecule has 1 aliphatic heterocycles. The lowest BCUT2D eigenvalue weighted by Crippen LogP contribution is -2.43. The van der Waals surface area contributed by atoms with Crippen molar-refractivity contribution < 1.29 is 28.7 Å². The van der Waals surface area contributed by atoms with Crippen molar-refractivity contribution in [3.8, 4) is 0 Å². The van der Waals surface area contributed by atoms with Gasteiger partial charge in [0.25, 0.3) is 5.69 Å². The maximum atomic E-state index is 12.8. The van der Waals surface area contributed by atoms with E-state index in [9.17, 15) is 19.7 Å². The molecule has 0 bridgehead atoms. The van der Waals surface area contributed by atoms with Crippen molar-refractivity contribution >= 4 is 17.6 Å². The van der Waals surface area contributed by atoms with Crippen LogP contribution in [0.2, 0.25) is 0 Å². The maximum Gasteiger partial charge on any atom is 0.326 e. The van der Waals surface area contributed by atoms with Crippen molar-refractivity contribution in [3.05, 3.63) is 75.8 Å². The third-order valence-electron chi connectivity index (χ3n) is 4.93. The lowest BCUT2D eigenvalue weighted by Gasteiger charge is -2.28. The number of hydrogen-bond donors (Lipinski definition) is 0. The van der Waals surface area contributed by atoms with E-state index in [4.69, 9.17) is 14.2 Å². The number of methoxy groups -OCH3 is 2. The summed E-state index contributed by atoms with van der Waals surface area (Å²) in [6, 6.07) is 14.7. The molecule has 0 aromatic heterocycles. The fourth-order valence-corrected chi connectivity index (χ4v) is 3.55. The van der Waals surface area contributed by atoms with E-state index in [1.165, 1.54) is 38.5 Å². The van der Waals surface area contributed by atoms with Crippen molar-refractivity contribution in [1.82, 2.24) is 0 Å². The number of hydrogen-bond acceptors (Lipinski definition) is 7. The molecule has 0 unspecified atom stereocenters. The molecule has 1 saturated heterocycles. The number of benzene rings is 2. The zero-order valence-electron chi connectivity index (χ0n) is 15.4. The van der Waals surface area contributed by atoms with Gasteiger partial charge in [0, 0.05) is 18.6 Å². The Balaban J connectivity index is 2.10. The Morgan fingerprint density at radius 2 is 1.57 bits per heavy atom. The number of carbonyl (C=O) groups is 2. The third kappa shape index (κ3) is 3.22. The maximum absolute atomic E-state index is 12.8. The van der Waals surface area contributed by atoms with Crippen LogP contribution < -0.4 is 0 Å². The van der Waals surface area contributed by atoms with E-state index in [0.717, 1.165) is 5.56 Å². The first-order valence-corrected chi connectivity index (χ1v) is 8.55. The average molecular weight is 385 g/mol. The van der Waals surface area contributed by atoms with E-state index in [-0.39, 0.29) is 12.1 Å². The van der Waals surface area contributed by atoms with Gasteiger partial charge in [-0.05, 0) is 23.3 Å². The first-order chi connectivity index (χ1) is 13.4. The molecule has 0 saturated carbocycles. The average Bonchev–Trinajstić information content (AvgIpc) is 3.15. The van der Waals surface area contributed by atoms with Gasteiger partial charge >= 0.3 is 11.9 Å². The topological polar surface area (TPSA) is 105 Å². The van der Waals surface area contributed by atoms with Crippen LogP contribution in [0.3, 0.4) is 0 Å². The molecule has 0 amide bonds. The van der Waals surface area contributed by atoms with Crippen LogP contribution in [0.5, 0.6) is 0 Å². The highest BCUT2D eigenvalue weighted by Gasteiger charge is 2.62. The van der Waals surface area contributed by atoms with E-state index in [1.54, 1.807) is 0 Å². The quantitative estimate of drug-likeness (QED) is 0.337. The molecule has 8 heteroatoms. The first-order valence-electron chi connectivity index (χ1n) is 8.55. The number of nitro benzene ring substituents is 1. The number of non-ortho nitro benzene ring substituents is 1. The van der Waals surface area contributed by atoms with Crippen LogP contribution in [0.1, 0.15) is 29.8 Å². The summed E-state index contributed by atoms with van der Waals surface area (Å²) in [5, 5.41) is 10.9. The van der Waals surface area contributed by atoms with Gasteiger partial charge in [0.05, 0.1) is 25.2 Å². The highest BCUT2D eigenvalue weighted by atomic mass is 16.6. The van der Waals surface area contributed by atoms with Crippen LogP contribution in [0, 0.1) is 15.5 Å². The molecule has 1 heterocycles. The third-order valence-corrected chi connectivity index (χ3v) is 4.93. The molecule has 0 spiro atoms. The van der Waals surface area contributed by atoms with Crippen molar-refractivity contribution in [3.63, 3.8) is 0 Å². The summed E-state index contributed by atoms with van der Waals surface area (Å²) in [7, 11) is 2.38. The van der Waals surface area contributed by atoms with Crippen molar-refractivity contribution in [1.29, 1.82) is 0 Å². The first kappa shape index (κ1) is 19.5. The zero-order chi connectivity index (χ0) is 20.3. The standard InChI is InChI=1S/C20H19NO7/c1-26-18(22)20(19(23)27-2)12-16(13-6-4-3-5-7-13)28-17(20)14-8-10-15(11-9-14)21(24)25/h3-11,16-17H,12H2,1-2H3/t16-,17-/m0/s1. The molecule has 2 aromatic carbocycles. The summed E-state index contributed by atoms with van der Waals surface area (Å²) in [5.74, 6) is -1.55. The van der Waals surface area contributed by atoms with E-state index in [2.05, 4.69) is 0 Å². The molecular weight excluding hydrogens is 366 g/mol. The molecule has 1 aliphatic rings. The molecule has 0 aliphatic carbocycles. The second kappa shape index (κ2) is 7.77. The molecule has 0 radical (unpaired) electrons. The van der Waals surface area contributed by atoms with Gasteiger partial charge in [-0.2, -0.15) is 0 Å². The lowest BCUT2D eigenvalue weighted by atomic mass is 9.76. The lowest BCUT2D eigenvalue weighted by molar-refractivity contribution is -0.384. The second-order valence-corrected chi connectivity index (χ2v) is 6.42. The number of nitrogens with zero attached hydrogens (tertiary/aromatic N) is 1.